The van der Waals surface area contributed by atoms with Crippen LogP contribution in [0.1, 0.15) is 15.9 Å². The highest BCUT2D eigenvalue weighted by molar-refractivity contribution is 5.97. The lowest BCUT2D eigenvalue weighted by molar-refractivity contribution is -0.145. The highest BCUT2D eigenvalue weighted by Crippen LogP contribution is 2.04. The maximum absolute atomic E-state index is 11.4. The maximum atomic E-state index is 11.4. The third kappa shape index (κ3) is 3.52. The first-order valence-electron chi connectivity index (χ1n) is 4.50. The van der Waals surface area contributed by atoms with Crippen LogP contribution in [0.25, 0.3) is 0 Å². The van der Waals surface area contributed by atoms with Gasteiger partial charge in [0.25, 0.3) is 0 Å². The Bertz CT molecular complexity index is 353. The van der Waals surface area contributed by atoms with Gasteiger partial charge < -0.3 is 9.84 Å². The zero-order valence-electron chi connectivity index (χ0n) is 8.40. The number of hydrogen-bond acceptors (Lipinski definition) is 4. The maximum Gasteiger partial charge on any atom is 0.332 e. The van der Waals surface area contributed by atoms with E-state index < -0.39 is 12.6 Å². The van der Waals surface area contributed by atoms with E-state index in [1.807, 2.05) is 6.92 Å². The van der Waals surface area contributed by atoms with Crippen molar-refractivity contribution in [2.45, 2.75) is 6.92 Å². The molecule has 0 saturated carbocycles. The van der Waals surface area contributed by atoms with Gasteiger partial charge in [-0.2, -0.15) is 0 Å². The summed E-state index contributed by atoms with van der Waals surface area (Å²) < 4.78 is 4.50. The number of benzene rings is 1. The van der Waals surface area contributed by atoms with Crippen LogP contribution in [0.4, 0.5) is 0 Å². The minimum Gasteiger partial charge on any atom is -0.456 e. The Morgan fingerprint density at radius 3 is 2.40 bits per heavy atom. The molecule has 0 heterocycles. The Hall–Kier alpha value is -1.68. The summed E-state index contributed by atoms with van der Waals surface area (Å²) in [5, 5.41) is 8.37. The molecular formula is C11H12O4. The van der Waals surface area contributed by atoms with Crippen molar-refractivity contribution in [1.82, 2.24) is 0 Å². The Labute approximate surface area is 87.5 Å². The highest BCUT2D eigenvalue weighted by Gasteiger charge is 2.08. The van der Waals surface area contributed by atoms with Crippen molar-refractivity contribution in [3.63, 3.8) is 0 Å². The fraction of sp³-hybridized carbons (Fsp3) is 0.273. The average molecular weight is 208 g/mol. The van der Waals surface area contributed by atoms with Crippen LogP contribution >= 0.6 is 0 Å². The van der Waals surface area contributed by atoms with Gasteiger partial charge in [-0.05, 0) is 6.92 Å². The van der Waals surface area contributed by atoms with Crippen molar-refractivity contribution >= 4 is 11.8 Å². The average Bonchev–Trinajstić information content (AvgIpc) is 2.26. The molecule has 0 saturated heterocycles. The number of rotatable bonds is 4. The molecule has 0 aliphatic rings. The Kier molecular flexibility index (Phi) is 4.00. The number of aliphatic hydroxyl groups is 1. The molecule has 4 nitrogen and oxygen atoms in total. The van der Waals surface area contributed by atoms with E-state index in [-0.39, 0.29) is 12.4 Å². The molecule has 0 amide bonds. The zero-order valence-corrected chi connectivity index (χ0v) is 8.40. The third-order valence-corrected chi connectivity index (χ3v) is 1.87. The molecule has 15 heavy (non-hydrogen) atoms. The molecule has 0 atom stereocenters. The van der Waals surface area contributed by atoms with Crippen LogP contribution in [0.15, 0.2) is 24.3 Å². The molecule has 0 spiro atoms. The number of ketones is 1. The molecule has 0 unspecified atom stereocenters. The molecule has 0 bridgehead atoms. The molecule has 0 aliphatic carbocycles. The van der Waals surface area contributed by atoms with E-state index in [9.17, 15) is 9.59 Å². The van der Waals surface area contributed by atoms with Gasteiger partial charge in [0.05, 0.1) is 0 Å². The standard InChI is InChI=1S/C11H12O4/c1-8-2-4-9(5-3-8)10(13)7-15-11(14)6-12/h2-5,12H,6-7H2,1H3. The molecule has 1 aromatic carbocycles. The number of carbonyl (C=O) groups excluding carboxylic acids is 2. The lowest BCUT2D eigenvalue weighted by atomic mass is 10.1. The van der Waals surface area contributed by atoms with Crippen molar-refractivity contribution in [3.8, 4) is 0 Å². The minimum atomic E-state index is -0.796. The fourth-order valence-electron chi connectivity index (χ4n) is 1.01. The van der Waals surface area contributed by atoms with Crippen LogP contribution in [0, 0.1) is 6.92 Å². The summed E-state index contributed by atoms with van der Waals surface area (Å²) in [6.45, 7) is 0.879. The zero-order chi connectivity index (χ0) is 11.3. The summed E-state index contributed by atoms with van der Waals surface area (Å²) in [4.78, 5) is 22.0. The van der Waals surface area contributed by atoms with Gasteiger partial charge in [-0.1, -0.05) is 29.8 Å². The van der Waals surface area contributed by atoms with E-state index >= 15 is 0 Å². The number of carbonyl (C=O) groups is 2. The van der Waals surface area contributed by atoms with Crippen LogP contribution in [-0.4, -0.2) is 30.1 Å². The van der Waals surface area contributed by atoms with Crippen LogP contribution in [0.2, 0.25) is 0 Å². The second-order valence-electron chi connectivity index (χ2n) is 3.11. The molecule has 1 aromatic rings. The molecule has 1 rings (SSSR count). The smallest absolute Gasteiger partial charge is 0.332 e. The third-order valence-electron chi connectivity index (χ3n) is 1.87. The van der Waals surface area contributed by atoms with Gasteiger partial charge in [0.15, 0.2) is 12.4 Å². The van der Waals surface area contributed by atoms with Gasteiger partial charge in [-0.25, -0.2) is 4.79 Å². The van der Waals surface area contributed by atoms with Gasteiger partial charge in [0, 0.05) is 5.56 Å². The van der Waals surface area contributed by atoms with Crippen molar-refractivity contribution < 1.29 is 19.4 Å². The number of esters is 1. The monoisotopic (exact) mass is 208 g/mol. The molecule has 0 aliphatic heterocycles. The van der Waals surface area contributed by atoms with E-state index in [4.69, 9.17) is 5.11 Å². The van der Waals surface area contributed by atoms with E-state index in [2.05, 4.69) is 4.74 Å². The van der Waals surface area contributed by atoms with Crippen LogP contribution in [-0.2, 0) is 9.53 Å². The van der Waals surface area contributed by atoms with E-state index in [1.54, 1.807) is 24.3 Å². The molecule has 4 heteroatoms. The van der Waals surface area contributed by atoms with Gasteiger partial charge in [-0.15, -0.1) is 0 Å². The quantitative estimate of drug-likeness (QED) is 0.584. The Morgan fingerprint density at radius 2 is 1.87 bits per heavy atom. The molecule has 0 fully saturated rings. The van der Waals surface area contributed by atoms with Gasteiger partial charge in [0.2, 0.25) is 0 Å². The minimum absolute atomic E-state index is 0.281. The second kappa shape index (κ2) is 5.26. The summed E-state index contributed by atoms with van der Waals surface area (Å²) >= 11 is 0. The van der Waals surface area contributed by atoms with Crippen LogP contribution in [0.3, 0.4) is 0 Å². The lowest BCUT2D eigenvalue weighted by Crippen LogP contribution is -2.16. The lowest BCUT2D eigenvalue weighted by Gasteiger charge is -2.02. The SMILES string of the molecule is Cc1ccc(C(=O)COC(=O)CO)cc1. The number of aryl methyl sites for hydroxylation is 1. The van der Waals surface area contributed by atoms with Crippen LogP contribution < -0.4 is 0 Å². The van der Waals surface area contributed by atoms with Crippen LogP contribution in [0.5, 0.6) is 0 Å². The molecular weight excluding hydrogens is 196 g/mol. The van der Waals surface area contributed by atoms with Crippen molar-refractivity contribution in [2.75, 3.05) is 13.2 Å². The number of hydrogen-bond donors (Lipinski definition) is 1. The van der Waals surface area contributed by atoms with E-state index in [0.717, 1.165) is 5.56 Å². The summed E-state index contributed by atoms with van der Waals surface area (Å²) in [5.74, 6) is -1.08. The largest absolute Gasteiger partial charge is 0.456 e. The summed E-state index contributed by atoms with van der Waals surface area (Å²) in [5.41, 5.74) is 1.55. The highest BCUT2D eigenvalue weighted by atomic mass is 16.5. The van der Waals surface area contributed by atoms with Crippen molar-refractivity contribution in [1.29, 1.82) is 0 Å². The van der Waals surface area contributed by atoms with E-state index in [0.29, 0.717) is 5.56 Å². The van der Waals surface area contributed by atoms with Gasteiger partial charge in [0.1, 0.15) is 6.61 Å². The predicted molar refractivity (Wildman–Crippen MR) is 53.6 cm³/mol. The predicted octanol–water partition coefficient (Wildman–Crippen LogP) is 0.713. The molecule has 0 radical (unpaired) electrons. The van der Waals surface area contributed by atoms with Gasteiger partial charge >= 0.3 is 5.97 Å². The fourth-order valence-corrected chi connectivity index (χ4v) is 1.01. The first-order valence-corrected chi connectivity index (χ1v) is 4.50. The summed E-state index contributed by atoms with van der Waals surface area (Å²) in [6.07, 6.45) is 0. The second-order valence-corrected chi connectivity index (χ2v) is 3.11. The Morgan fingerprint density at radius 1 is 1.27 bits per heavy atom. The molecule has 0 aromatic heterocycles. The number of aliphatic hydroxyl groups excluding tert-OH is 1. The van der Waals surface area contributed by atoms with Crippen molar-refractivity contribution in [3.05, 3.63) is 35.4 Å². The first-order chi connectivity index (χ1) is 7.13. The number of ether oxygens (including phenoxy) is 1. The summed E-state index contributed by atoms with van der Waals surface area (Å²) in [6, 6.07) is 6.96. The van der Waals surface area contributed by atoms with Gasteiger partial charge in [-0.3, -0.25) is 4.79 Å². The summed E-state index contributed by atoms with van der Waals surface area (Å²) in [7, 11) is 0. The Balaban J connectivity index is 2.54. The molecule has 80 valence electrons. The topological polar surface area (TPSA) is 63.6 Å². The van der Waals surface area contributed by atoms with Crippen molar-refractivity contribution in [2.24, 2.45) is 0 Å². The number of Topliss-reactive ketones (excluding diaryl/α,β-unsaturated/α-hetero) is 1. The molecule has 1 N–H and O–H groups in total. The van der Waals surface area contributed by atoms with E-state index in [1.165, 1.54) is 0 Å². The normalized spacial score (nSPS) is 9.73. The first kappa shape index (κ1) is 11.4.